The molecule has 0 N–H and O–H groups in total. The number of amides is 2. The quantitative estimate of drug-likeness (QED) is 0.174. The number of benzene rings is 6. The van der Waals surface area contributed by atoms with Crippen LogP contribution in [0.1, 0.15) is 20.7 Å². The van der Waals surface area contributed by atoms with Crippen molar-refractivity contribution in [2.75, 3.05) is 18.4 Å². The number of nitrogens with zero attached hydrogens (tertiary/aromatic N) is 2. The van der Waals surface area contributed by atoms with E-state index in [1.807, 2.05) is 0 Å². The van der Waals surface area contributed by atoms with Gasteiger partial charge in [0, 0.05) is 34.4 Å². The van der Waals surface area contributed by atoms with E-state index in [1.54, 1.807) is 36.8 Å². The molecule has 0 spiro atoms. The van der Waals surface area contributed by atoms with Crippen molar-refractivity contribution in [3.8, 4) is 0 Å². The Morgan fingerprint density at radius 2 is 0.679 bits per heavy atom. The molecule has 6 aromatic carbocycles. The largest absolute Gasteiger partial charge is 2.00 e. The topological polar surface area (TPSA) is 148 Å². The minimum atomic E-state index is -3.68. The average molecular weight is 1020 g/mol. The monoisotopic (exact) mass is 1020 g/mol. The molecular weight excluding hydrogens is 986 g/mol. The summed E-state index contributed by atoms with van der Waals surface area (Å²) in [6, 6.07) is 56.4. The summed E-state index contributed by atoms with van der Waals surface area (Å²) < 4.78 is 59.9. The molecule has 0 unspecified atom stereocenters. The van der Waals surface area contributed by atoms with Gasteiger partial charge in [0.05, 0.1) is 21.6 Å². The number of hydrogen-bond acceptors (Lipinski definition) is 7. The van der Waals surface area contributed by atoms with Gasteiger partial charge in [0.2, 0.25) is 0 Å². The van der Waals surface area contributed by atoms with Gasteiger partial charge in [0.15, 0.2) is 5.90 Å². The second-order valence-electron chi connectivity index (χ2n) is 12.1. The van der Waals surface area contributed by atoms with Gasteiger partial charge < -0.3 is 19.0 Å². The van der Waals surface area contributed by atoms with E-state index in [1.165, 1.54) is 51.4 Å². The molecule has 0 bridgehead atoms. The molecule has 0 aromatic heterocycles. The molecule has 2 amide bonds. The Hall–Kier alpha value is -4.14. The molecule has 0 aliphatic carbocycles. The standard InChI is InChI=1S/C25H22P2.2C7H5NO3S.C2H6OS.Pt/c1-5-13-22(14-6-1)26(23-15-7-2-8-16-23)21-27(24-17-9-3-10-18-24)25-19-11-4-12-20-25;2*9-7-5-3-1-2-4-6(5)12(10,11)8-7;1-4(2)3;/h1-20H,21H2;2*1-4H,(H,8,9);1-2H3;/q;;;;+2. The van der Waals surface area contributed by atoms with E-state index >= 15 is 0 Å². The first-order valence-corrected chi connectivity index (χ1v) is 25.0. The number of fused-ring (bicyclic) bond motifs is 2. The number of hydrogen-bond donors (Lipinski definition) is 0. The van der Waals surface area contributed by atoms with Crippen LogP contribution < -0.4 is 21.2 Å². The van der Waals surface area contributed by atoms with E-state index < -0.39 is 58.5 Å². The molecule has 15 heteroatoms. The second-order valence-corrected chi connectivity index (χ2v) is 22.3. The third-order valence-electron chi connectivity index (χ3n) is 8.04. The first-order chi connectivity index (χ1) is 26.4. The molecule has 6 aromatic rings. The van der Waals surface area contributed by atoms with Gasteiger partial charge in [-0.25, -0.2) is 16.8 Å². The molecule has 0 radical (unpaired) electrons. The second kappa shape index (κ2) is 20.9. The van der Waals surface area contributed by atoms with Gasteiger partial charge in [-0.15, -0.1) is 0 Å². The van der Waals surface area contributed by atoms with Crippen LogP contribution >= 0.6 is 15.8 Å². The molecule has 56 heavy (non-hydrogen) atoms. The Morgan fingerprint density at radius 3 is 0.929 bits per heavy atom. The van der Waals surface area contributed by atoms with E-state index in [0.717, 1.165) is 0 Å². The molecule has 9 nitrogen and oxygen atoms in total. The van der Waals surface area contributed by atoms with Gasteiger partial charge >= 0.3 is 21.1 Å². The van der Waals surface area contributed by atoms with Gasteiger partial charge in [0.1, 0.15) is 57.1 Å². The van der Waals surface area contributed by atoms with Crippen LogP contribution in [0.4, 0.5) is 0 Å². The maximum absolute atomic E-state index is 11.1. The van der Waals surface area contributed by atoms with E-state index in [-0.39, 0.29) is 42.0 Å². The Bertz CT molecular complexity index is 2230. The van der Waals surface area contributed by atoms with Crippen LogP contribution in [0.5, 0.6) is 0 Å². The minimum absolute atomic E-state index is 0. The summed E-state index contributed by atoms with van der Waals surface area (Å²) in [5, 5.41) is 6.01. The van der Waals surface area contributed by atoms with Crippen molar-refractivity contribution in [1.29, 1.82) is 0 Å². The van der Waals surface area contributed by atoms with E-state index in [4.69, 9.17) is 0 Å². The van der Waals surface area contributed by atoms with Crippen LogP contribution in [0.15, 0.2) is 180 Å². The summed E-state index contributed by atoms with van der Waals surface area (Å²) in [6.07, 6.45) is 3.28. The molecule has 0 saturated heterocycles. The van der Waals surface area contributed by atoms with Gasteiger partial charge in [-0.05, 0) is 60.7 Å². The molecule has 2 aliphatic rings. The summed E-state index contributed by atoms with van der Waals surface area (Å²) in [4.78, 5) is 21.9. The number of carbonyl (C=O) groups is 2. The fourth-order valence-corrected chi connectivity index (χ4v) is 15.6. The maximum atomic E-state index is 11.1. The van der Waals surface area contributed by atoms with Crippen LogP contribution in [-0.2, 0) is 51.9 Å². The Morgan fingerprint density at radius 1 is 0.446 bits per heavy atom. The predicted molar refractivity (Wildman–Crippen MR) is 228 cm³/mol. The van der Waals surface area contributed by atoms with Crippen molar-refractivity contribution >= 4 is 79.7 Å². The maximum Gasteiger partial charge on any atom is 2.00 e. The minimum Gasteiger partial charge on any atom is -0.537 e. The number of sulfonamides is 2. The van der Waals surface area contributed by atoms with E-state index in [0.29, 0.717) is 0 Å². The van der Waals surface area contributed by atoms with Crippen LogP contribution in [-0.4, -0.2) is 51.3 Å². The third-order valence-corrected chi connectivity index (χ3v) is 17.6. The zero-order valence-electron chi connectivity index (χ0n) is 30.2. The summed E-state index contributed by atoms with van der Waals surface area (Å²) in [5.41, 5.74) is 0.329. The van der Waals surface area contributed by atoms with Crippen molar-refractivity contribution in [3.63, 3.8) is 0 Å². The summed E-state index contributed by atoms with van der Waals surface area (Å²) in [6.45, 7) is 0. The molecule has 0 saturated carbocycles. The SMILES string of the molecule is CS(C)=O.O=C1[N-]S(=O)(=O)c2ccccc21.O=C1[N-]S(=O)(=O)c2ccccc21.[Pt+2].c1ccc([PH+](C[PH+](c2ccccc2)c2ccccc2)c2ccccc2)cc1. The zero-order chi connectivity index (χ0) is 39.4. The van der Waals surface area contributed by atoms with Crippen molar-refractivity contribution < 1.29 is 51.7 Å². The normalized spacial score (nSPS) is 13.9. The van der Waals surface area contributed by atoms with Gasteiger partial charge in [0.25, 0.3) is 0 Å². The van der Waals surface area contributed by atoms with Gasteiger partial charge in [-0.1, -0.05) is 109 Å². The van der Waals surface area contributed by atoms with Crippen molar-refractivity contribution in [2.24, 2.45) is 0 Å². The van der Waals surface area contributed by atoms with Crippen LogP contribution in [0.25, 0.3) is 9.44 Å². The fourth-order valence-electron chi connectivity index (χ4n) is 5.63. The summed E-state index contributed by atoms with van der Waals surface area (Å²) >= 11 is 0. The van der Waals surface area contributed by atoms with E-state index in [2.05, 4.69) is 131 Å². The Balaban J connectivity index is 0.000000199. The van der Waals surface area contributed by atoms with Crippen molar-refractivity contribution in [3.05, 3.63) is 190 Å². The molecule has 0 fully saturated rings. The van der Waals surface area contributed by atoms with Gasteiger partial charge in [-0.2, -0.15) is 0 Å². The van der Waals surface area contributed by atoms with Crippen LogP contribution in [0.2, 0.25) is 0 Å². The molecule has 2 heterocycles. The zero-order valence-corrected chi connectivity index (χ0v) is 36.9. The van der Waals surface area contributed by atoms with Gasteiger partial charge in [-0.3, -0.25) is 4.21 Å². The predicted octanol–water partition coefficient (Wildman–Crippen LogP) is 6.47. The smallest absolute Gasteiger partial charge is 0.537 e. The van der Waals surface area contributed by atoms with E-state index in [9.17, 15) is 30.6 Å². The average Bonchev–Trinajstić information content (AvgIpc) is 3.58. The molecule has 290 valence electrons. The van der Waals surface area contributed by atoms with Crippen molar-refractivity contribution in [1.82, 2.24) is 0 Å². The van der Waals surface area contributed by atoms with Crippen LogP contribution in [0.3, 0.4) is 0 Å². The summed E-state index contributed by atoms with van der Waals surface area (Å²) in [5.74, 6) is -0.103. The Kier molecular flexibility index (Phi) is 16.6. The van der Waals surface area contributed by atoms with Crippen molar-refractivity contribution in [2.45, 2.75) is 9.79 Å². The first-order valence-electron chi connectivity index (χ1n) is 16.8. The molecule has 2 aliphatic heterocycles. The first kappa shape index (κ1) is 44.6. The summed E-state index contributed by atoms with van der Waals surface area (Å²) in [7, 11) is -9.66. The molecule has 8 rings (SSSR count). The fraction of sp³-hybridized carbons (Fsp3) is 0.0732. The molecular formula is C41H38N2O7P2PtS3+2. The van der Waals surface area contributed by atoms with Crippen LogP contribution in [0, 0.1) is 0 Å². The number of rotatable bonds is 6. The third kappa shape index (κ3) is 11.9. The Labute approximate surface area is 347 Å². The molecule has 0 atom stereocenters. The number of carbonyl (C=O) groups excluding carboxylic acids is 2.